The second kappa shape index (κ2) is 8.81. The van der Waals surface area contributed by atoms with Gasteiger partial charge in [-0.3, -0.25) is 9.59 Å². The van der Waals surface area contributed by atoms with Crippen LogP contribution in [0.15, 0.2) is 36.4 Å². The number of amides is 2. The van der Waals surface area contributed by atoms with E-state index in [4.69, 9.17) is 4.74 Å². The molecule has 2 aromatic rings. The fourth-order valence-electron chi connectivity index (χ4n) is 4.28. The third-order valence-electron chi connectivity index (χ3n) is 5.82. The first-order chi connectivity index (χ1) is 14.5. The number of aryl methyl sites for hydroxylation is 2. The predicted octanol–water partition coefficient (Wildman–Crippen LogP) is 2.95. The Labute approximate surface area is 176 Å². The van der Waals surface area contributed by atoms with Crippen LogP contribution in [-0.2, 0) is 9.59 Å². The minimum Gasteiger partial charge on any atom is -0.460 e. The number of nitrogens with zero attached hydrogens (tertiary/aromatic N) is 3. The standard InChI is InChI=1S/C23H28N4O3/c1-15-12-16(2)25-23(24-15)30-20-10-8-18(9-11-20)26-22(29)17-13-21(28)27(14-17)19-6-4-3-5-7-19/h3-7,12,17-18,20H,8-11,13-14H2,1-2H3,(H,26,29). The van der Waals surface area contributed by atoms with Crippen molar-refractivity contribution in [3.63, 3.8) is 0 Å². The summed E-state index contributed by atoms with van der Waals surface area (Å²) in [5.41, 5.74) is 2.65. The lowest BCUT2D eigenvalue weighted by Crippen LogP contribution is -2.43. The molecule has 0 spiro atoms. The summed E-state index contributed by atoms with van der Waals surface area (Å²) in [7, 11) is 0. The van der Waals surface area contributed by atoms with E-state index in [1.165, 1.54) is 0 Å². The average molecular weight is 409 g/mol. The Morgan fingerprint density at radius 3 is 2.40 bits per heavy atom. The van der Waals surface area contributed by atoms with E-state index in [-0.39, 0.29) is 36.3 Å². The normalized spacial score (nSPS) is 24.0. The van der Waals surface area contributed by atoms with E-state index in [9.17, 15) is 9.59 Å². The molecule has 1 saturated carbocycles. The number of nitrogens with one attached hydrogen (secondary N) is 1. The van der Waals surface area contributed by atoms with Gasteiger partial charge in [-0.1, -0.05) is 18.2 Å². The molecule has 0 radical (unpaired) electrons. The van der Waals surface area contributed by atoms with Gasteiger partial charge in [0.15, 0.2) is 0 Å². The van der Waals surface area contributed by atoms with Crippen molar-refractivity contribution >= 4 is 17.5 Å². The summed E-state index contributed by atoms with van der Waals surface area (Å²) in [6, 6.07) is 12.0. The molecule has 1 N–H and O–H groups in total. The second-order valence-corrected chi connectivity index (χ2v) is 8.27. The number of rotatable bonds is 5. The molecule has 7 nitrogen and oxygen atoms in total. The molecule has 2 aliphatic rings. The molecule has 2 amide bonds. The van der Waals surface area contributed by atoms with Crippen LogP contribution in [-0.4, -0.2) is 40.5 Å². The van der Waals surface area contributed by atoms with Crippen LogP contribution in [0.5, 0.6) is 6.01 Å². The van der Waals surface area contributed by atoms with Crippen LogP contribution >= 0.6 is 0 Å². The minimum atomic E-state index is -0.296. The average Bonchev–Trinajstić information content (AvgIpc) is 3.11. The van der Waals surface area contributed by atoms with Crippen LogP contribution in [0.1, 0.15) is 43.5 Å². The number of para-hydroxylation sites is 1. The molecule has 7 heteroatoms. The highest BCUT2D eigenvalue weighted by Crippen LogP contribution is 2.27. The number of carbonyl (C=O) groups excluding carboxylic acids is 2. The number of carbonyl (C=O) groups is 2. The van der Waals surface area contributed by atoms with Crippen molar-refractivity contribution in [3.05, 3.63) is 47.8 Å². The van der Waals surface area contributed by atoms with Crippen molar-refractivity contribution in [2.75, 3.05) is 11.4 Å². The summed E-state index contributed by atoms with van der Waals surface area (Å²) in [6.07, 6.45) is 3.74. The first-order valence-corrected chi connectivity index (χ1v) is 10.6. The zero-order valence-corrected chi connectivity index (χ0v) is 17.5. The van der Waals surface area contributed by atoms with E-state index < -0.39 is 0 Å². The highest BCUT2D eigenvalue weighted by molar-refractivity contribution is 6.00. The van der Waals surface area contributed by atoms with Gasteiger partial charge >= 0.3 is 6.01 Å². The maximum absolute atomic E-state index is 12.7. The molecule has 1 saturated heterocycles. The number of aromatic nitrogens is 2. The molecule has 1 atom stereocenters. The molecule has 2 heterocycles. The number of hydrogen-bond donors (Lipinski definition) is 1. The monoisotopic (exact) mass is 408 g/mol. The smallest absolute Gasteiger partial charge is 0.317 e. The van der Waals surface area contributed by atoms with Crippen molar-refractivity contribution in [2.45, 2.75) is 58.1 Å². The number of ether oxygens (including phenoxy) is 1. The van der Waals surface area contributed by atoms with Gasteiger partial charge in [-0.25, -0.2) is 9.97 Å². The first kappa shape index (κ1) is 20.3. The van der Waals surface area contributed by atoms with Crippen LogP contribution in [0.25, 0.3) is 0 Å². The fourth-order valence-corrected chi connectivity index (χ4v) is 4.28. The topological polar surface area (TPSA) is 84.4 Å². The minimum absolute atomic E-state index is 0.00639. The Hall–Kier alpha value is -2.96. The lowest BCUT2D eigenvalue weighted by Gasteiger charge is -2.29. The van der Waals surface area contributed by atoms with E-state index in [0.29, 0.717) is 12.6 Å². The maximum atomic E-state index is 12.7. The van der Waals surface area contributed by atoms with Gasteiger partial charge in [0.1, 0.15) is 6.10 Å². The molecule has 1 aromatic heterocycles. The van der Waals surface area contributed by atoms with Crippen LogP contribution in [0.2, 0.25) is 0 Å². The molecule has 158 valence electrons. The van der Waals surface area contributed by atoms with E-state index in [0.717, 1.165) is 42.8 Å². The zero-order valence-electron chi connectivity index (χ0n) is 17.5. The summed E-state index contributed by atoms with van der Waals surface area (Å²) in [4.78, 5) is 35.5. The Morgan fingerprint density at radius 1 is 1.07 bits per heavy atom. The number of hydrogen-bond acceptors (Lipinski definition) is 5. The third kappa shape index (κ3) is 4.78. The Bertz CT molecular complexity index is 890. The molecule has 0 bridgehead atoms. The maximum Gasteiger partial charge on any atom is 0.317 e. The Morgan fingerprint density at radius 2 is 1.73 bits per heavy atom. The van der Waals surface area contributed by atoms with Crippen LogP contribution in [0.4, 0.5) is 5.69 Å². The summed E-state index contributed by atoms with van der Waals surface area (Å²) < 4.78 is 5.96. The van der Waals surface area contributed by atoms with Gasteiger partial charge in [0.25, 0.3) is 0 Å². The van der Waals surface area contributed by atoms with E-state index in [1.807, 2.05) is 50.2 Å². The molecule has 4 rings (SSSR count). The fraction of sp³-hybridized carbons (Fsp3) is 0.478. The third-order valence-corrected chi connectivity index (χ3v) is 5.82. The highest BCUT2D eigenvalue weighted by Gasteiger charge is 2.36. The molecular formula is C23H28N4O3. The molecular weight excluding hydrogens is 380 g/mol. The van der Waals surface area contributed by atoms with Gasteiger partial charge < -0.3 is 15.0 Å². The van der Waals surface area contributed by atoms with E-state index in [2.05, 4.69) is 15.3 Å². The molecule has 1 aliphatic carbocycles. The molecule has 1 aromatic carbocycles. The van der Waals surface area contributed by atoms with Gasteiger partial charge in [-0.05, 0) is 57.7 Å². The number of anilines is 1. The van der Waals surface area contributed by atoms with Gasteiger partial charge in [-0.2, -0.15) is 0 Å². The van der Waals surface area contributed by atoms with Gasteiger partial charge in [0.05, 0.1) is 5.92 Å². The van der Waals surface area contributed by atoms with Crippen molar-refractivity contribution in [2.24, 2.45) is 5.92 Å². The van der Waals surface area contributed by atoms with Gasteiger partial charge in [0, 0.05) is 36.1 Å². The summed E-state index contributed by atoms with van der Waals surface area (Å²) in [5, 5.41) is 3.15. The summed E-state index contributed by atoms with van der Waals surface area (Å²) >= 11 is 0. The van der Waals surface area contributed by atoms with E-state index in [1.54, 1.807) is 4.90 Å². The number of benzene rings is 1. The first-order valence-electron chi connectivity index (χ1n) is 10.6. The predicted molar refractivity (Wildman–Crippen MR) is 113 cm³/mol. The van der Waals surface area contributed by atoms with Crippen LogP contribution in [0.3, 0.4) is 0 Å². The largest absolute Gasteiger partial charge is 0.460 e. The quantitative estimate of drug-likeness (QED) is 0.822. The second-order valence-electron chi connectivity index (χ2n) is 8.27. The van der Waals surface area contributed by atoms with Crippen molar-refractivity contribution < 1.29 is 14.3 Å². The molecule has 1 aliphatic heterocycles. The van der Waals surface area contributed by atoms with Gasteiger partial charge in [0.2, 0.25) is 11.8 Å². The lowest BCUT2D eigenvalue weighted by atomic mass is 9.92. The van der Waals surface area contributed by atoms with Crippen molar-refractivity contribution in [3.8, 4) is 6.01 Å². The van der Waals surface area contributed by atoms with Crippen molar-refractivity contribution in [1.82, 2.24) is 15.3 Å². The molecule has 30 heavy (non-hydrogen) atoms. The molecule has 2 fully saturated rings. The summed E-state index contributed by atoms with van der Waals surface area (Å²) in [6.45, 7) is 4.30. The van der Waals surface area contributed by atoms with Crippen LogP contribution in [0, 0.1) is 19.8 Å². The SMILES string of the molecule is Cc1cc(C)nc(OC2CCC(NC(=O)C3CC(=O)N(c4ccccc4)C3)CC2)n1. The molecule has 1 unspecified atom stereocenters. The van der Waals surface area contributed by atoms with Gasteiger partial charge in [-0.15, -0.1) is 0 Å². The summed E-state index contributed by atoms with van der Waals surface area (Å²) in [5.74, 6) is -0.314. The lowest BCUT2D eigenvalue weighted by molar-refractivity contribution is -0.127. The Kier molecular flexibility index (Phi) is 5.97. The Balaban J connectivity index is 1.26. The van der Waals surface area contributed by atoms with E-state index >= 15 is 0 Å². The van der Waals surface area contributed by atoms with Crippen molar-refractivity contribution in [1.29, 1.82) is 0 Å². The highest BCUT2D eigenvalue weighted by atomic mass is 16.5. The zero-order chi connectivity index (χ0) is 21.1. The van der Waals surface area contributed by atoms with Crippen LogP contribution < -0.4 is 15.0 Å².